The Morgan fingerprint density at radius 3 is 2.79 bits per heavy atom. The lowest BCUT2D eigenvalue weighted by atomic mass is 10.1. The van der Waals surface area contributed by atoms with Gasteiger partial charge in [-0.2, -0.15) is 13.2 Å². The van der Waals surface area contributed by atoms with E-state index in [-0.39, 0.29) is 0 Å². The van der Waals surface area contributed by atoms with Crippen LogP contribution in [0.25, 0.3) is 0 Å². The van der Waals surface area contributed by atoms with E-state index in [0.717, 1.165) is 25.1 Å². The summed E-state index contributed by atoms with van der Waals surface area (Å²) in [6.07, 6.45) is -3.40. The van der Waals surface area contributed by atoms with E-state index in [0.29, 0.717) is 29.8 Å². The van der Waals surface area contributed by atoms with Crippen molar-refractivity contribution in [1.29, 1.82) is 0 Å². The van der Waals surface area contributed by atoms with Crippen molar-refractivity contribution in [1.82, 2.24) is 5.32 Å². The lowest BCUT2D eigenvalue weighted by Gasteiger charge is -2.35. The molecule has 1 aromatic carbocycles. The molecule has 6 heteroatoms. The number of halogens is 4. The molecule has 2 rings (SSSR count). The number of hydrogen-bond donors (Lipinski definition) is 1. The van der Waals surface area contributed by atoms with Gasteiger partial charge in [0, 0.05) is 25.7 Å². The largest absolute Gasteiger partial charge is 0.416 e. The van der Waals surface area contributed by atoms with Crippen molar-refractivity contribution in [2.24, 2.45) is 0 Å². The Balaban J connectivity index is 2.28. The Kier molecular flexibility index (Phi) is 4.26. The highest BCUT2D eigenvalue weighted by Crippen LogP contribution is 2.35. The van der Waals surface area contributed by atoms with E-state index in [1.165, 1.54) is 6.07 Å². The summed E-state index contributed by atoms with van der Waals surface area (Å²) >= 11 is 6.04. The molecule has 1 aromatic rings. The molecule has 1 aliphatic heterocycles. The van der Waals surface area contributed by atoms with Gasteiger partial charge in [-0.1, -0.05) is 18.5 Å². The van der Waals surface area contributed by atoms with Gasteiger partial charge in [0.25, 0.3) is 0 Å². The summed E-state index contributed by atoms with van der Waals surface area (Å²) in [6.45, 7) is 4.15. The Bertz CT molecular complexity index is 448. The molecular formula is C13H16ClF3N2. The molecule has 1 heterocycles. The maximum Gasteiger partial charge on any atom is 0.416 e. The predicted molar refractivity (Wildman–Crippen MR) is 70.7 cm³/mol. The van der Waals surface area contributed by atoms with Crippen molar-refractivity contribution in [3.05, 3.63) is 28.8 Å². The zero-order valence-electron chi connectivity index (χ0n) is 10.6. The zero-order chi connectivity index (χ0) is 14.0. The molecule has 1 aliphatic rings. The van der Waals surface area contributed by atoms with E-state index in [1.807, 2.05) is 4.90 Å². The summed E-state index contributed by atoms with van der Waals surface area (Å²) < 4.78 is 38.2. The topological polar surface area (TPSA) is 15.3 Å². The average molecular weight is 293 g/mol. The average Bonchev–Trinajstić information content (AvgIpc) is 2.38. The van der Waals surface area contributed by atoms with E-state index in [2.05, 4.69) is 12.2 Å². The van der Waals surface area contributed by atoms with Crippen LogP contribution in [0, 0.1) is 0 Å². The summed E-state index contributed by atoms with van der Waals surface area (Å²) in [6, 6.07) is 3.77. The van der Waals surface area contributed by atoms with E-state index in [4.69, 9.17) is 11.6 Å². The Labute approximate surface area is 115 Å². The molecule has 2 nitrogen and oxygen atoms in total. The molecule has 1 unspecified atom stereocenters. The molecule has 1 saturated heterocycles. The van der Waals surface area contributed by atoms with Gasteiger partial charge < -0.3 is 10.2 Å². The van der Waals surface area contributed by atoms with Crippen LogP contribution < -0.4 is 10.2 Å². The quantitative estimate of drug-likeness (QED) is 0.897. The van der Waals surface area contributed by atoms with Crippen molar-refractivity contribution in [2.45, 2.75) is 25.6 Å². The monoisotopic (exact) mass is 292 g/mol. The minimum Gasteiger partial charge on any atom is -0.367 e. The Hall–Kier alpha value is -0.940. The van der Waals surface area contributed by atoms with Crippen LogP contribution in [0.5, 0.6) is 0 Å². The summed E-state index contributed by atoms with van der Waals surface area (Å²) in [4.78, 5) is 1.92. The third-order valence-electron chi connectivity index (χ3n) is 3.36. The molecule has 1 fully saturated rings. The number of rotatable bonds is 2. The highest BCUT2D eigenvalue weighted by atomic mass is 35.5. The van der Waals surface area contributed by atoms with E-state index < -0.39 is 11.7 Å². The molecule has 0 saturated carbocycles. The van der Waals surface area contributed by atoms with Gasteiger partial charge in [-0.05, 0) is 24.6 Å². The third-order valence-corrected chi connectivity index (χ3v) is 3.68. The van der Waals surface area contributed by atoms with Gasteiger partial charge >= 0.3 is 6.18 Å². The third kappa shape index (κ3) is 3.34. The fraction of sp³-hybridized carbons (Fsp3) is 0.538. The predicted octanol–water partition coefficient (Wildman–Crippen LogP) is 3.55. The first-order valence-corrected chi connectivity index (χ1v) is 6.64. The molecule has 0 amide bonds. The van der Waals surface area contributed by atoms with Crippen LogP contribution in [-0.4, -0.2) is 25.7 Å². The highest BCUT2D eigenvalue weighted by Gasteiger charge is 2.32. The molecule has 0 radical (unpaired) electrons. The molecule has 106 valence electrons. The van der Waals surface area contributed by atoms with E-state index in [1.54, 1.807) is 0 Å². The minimum atomic E-state index is -4.34. The van der Waals surface area contributed by atoms with Gasteiger partial charge in [0.1, 0.15) is 0 Å². The SMILES string of the molecule is CCC1CN(c2cc(C(F)(F)F)ccc2Cl)CCN1. The molecular weight excluding hydrogens is 277 g/mol. The lowest BCUT2D eigenvalue weighted by molar-refractivity contribution is -0.137. The zero-order valence-corrected chi connectivity index (χ0v) is 11.4. The molecule has 1 N–H and O–H groups in total. The number of piperazine rings is 1. The second kappa shape index (κ2) is 5.59. The number of nitrogens with one attached hydrogen (secondary N) is 1. The van der Waals surface area contributed by atoms with Crippen molar-refractivity contribution in [3.8, 4) is 0 Å². The number of benzene rings is 1. The Morgan fingerprint density at radius 2 is 2.16 bits per heavy atom. The van der Waals surface area contributed by atoms with Crippen LogP contribution in [0.4, 0.5) is 18.9 Å². The van der Waals surface area contributed by atoms with Crippen LogP contribution in [0.3, 0.4) is 0 Å². The lowest BCUT2D eigenvalue weighted by Crippen LogP contribution is -2.50. The minimum absolute atomic E-state index is 0.291. The van der Waals surface area contributed by atoms with Crippen LogP contribution in [-0.2, 0) is 6.18 Å². The first kappa shape index (κ1) is 14.5. The number of anilines is 1. The van der Waals surface area contributed by atoms with Crippen LogP contribution >= 0.6 is 11.6 Å². The summed E-state index contributed by atoms with van der Waals surface area (Å²) in [5, 5.41) is 3.69. The van der Waals surface area contributed by atoms with Gasteiger partial charge in [0.05, 0.1) is 16.3 Å². The van der Waals surface area contributed by atoms with Crippen LogP contribution in [0.15, 0.2) is 18.2 Å². The fourth-order valence-corrected chi connectivity index (χ4v) is 2.49. The van der Waals surface area contributed by atoms with E-state index >= 15 is 0 Å². The van der Waals surface area contributed by atoms with Crippen molar-refractivity contribution < 1.29 is 13.2 Å². The number of alkyl halides is 3. The van der Waals surface area contributed by atoms with Crippen molar-refractivity contribution in [3.63, 3.8) is 0 Å². The van der Waals surface area contributed by atoms with Gasteiger partial charge in [-0.15, -0.1) is 0 Å². The Morgan fingerprint density at radius 1 is 1.42 bits per heavy atom. The molecule has 0 spiro atoms. The maximum absolute atomic E-state index is 12.7. The van der Waals surface area contributed by atoms with Crippen LogP contribution in [0.1, 0.15) is 18.9 Å². The molecule has 0 aliphatic carbocycles. The van der Waals surface area contributed by atoms with Gasteiger partial charge in [0.15, 0.2) is 0 Å². The number of nitrogens with zero attached hydrogens (tertiary/aromatic N) is 1. The molecule has 0 aromatic heterocycles. The summed E-state index contributed by atoms with van der Waals surface area (Å²) in [5.41, 5.74) is -0.185. The summed E-state index contributed by atoms with van der Waals surface area (Å²) in [5.74, 6) is 0. The second-order valence-electron chi connectivity index (χ2n) is 4.67. The van der Waals surface area contributed by atoms with E-state index in [9.17, 15) is 13.2 Å². The van der Waals surface area contributed by atoms with Crippen molar-refractivity contribution >= 4 is 17.3 Å². The first-order valence-electron chi connectivity index (χ1n) is 6.27. The molecule has 19 heavy (non-hydrogen) atoms. The highest BCUT2D eigenvalue weighted by molar-refractivity contribution is 6.33. The smallest absolute Gasteiger partial charge is 0.367 e. The molecule has 0 bridgehead atoms. The first-order chi connectivity index (χ1) is 8.91. The number of hydrogen-bond acceptors (Lipinski definition) is 2. The standard InChI is InChI=1S/C13H16ClF3N2/c1-2-10-8-19(6-5-18-10)12-7-9(13(15,16)17)3-4-11(12)14/h3-4,7,10,18H,2,5-6,8H2,1H3. The summed E-state index contributed by atoms with van der Waals surface area (Å²) in [7, 11) is 0. The van der Waals surface area contributed by atoms with Gasteiger partial charge in [-0.25, -0.2) is 0 Å². The van der Waals surface area contributed by atoms with Crippen LogP contribution in [0.2, 0.25) is 5.02 Å². The fourth-order valence-electron chi connectivity index (χ4n) is 2.25. The second-order valence-corrected chi connectivity index (χ2v) is 5.08. The van der Waals surface area contributed by atoms with Gasteiger partial charge in [0.2, 0.25) is 0 Å². The normalized spacial score (nSPS) is 20.7. The molecule has 1 atom stereocenters. The van der Waals surface area contributed by atoms with Gasteiger partial charge in [-0.3, -0.25) is 0 Å². The van der Waals surface area contributed by atoms with Crippen molar-refractivity contribution in [2.75, 3.05) is 24.5 Å². The maximum atomic E-state index is 12.7.